The number of nitrogens with two attached hydrogens (primary N) is 2. The van der Waals surface area contributed by atoms with Gasteiger partial charge in [-0.15, -0.1) is 12.4 Å². The number of carbonyl (C=O) groups is 2. The zero-order valence-electron chi connectivity index (χ0n) is 12.1. The Bertz CT molecular complexity index is 551. The normalized spacial score (nSPS) is 20.7. The van der Waals surface area contributed by atoms with Gasteiger partial charge in [0, 0.05) is 11.0 Å². The summed E-state index contributed by atoms with van der Waals surface area (Å²) < 4.78 is 6.15. The van der Waals surface area contributed by atoms with E-state index in [4.69, 9.17) is 16.2 Å². The van der Waals surface area contributed by atoms with Gasteiger partial charge >= 0.3 is 0 Å². The van der Waals surface area contributed by atoms with Crippen molar-refractivity contribution in [2.24, 2.45) is 11.5 Å². The lowest BCUT2D eigenvalue weighted by Gasteiger charge is -2.36. The maximum absolute atomic E-state index is 12.7. The van der Waals surface area contributed by atoms with Crippen LogP contribution in [0.1, 0.15) is 12.5 Å². The summed E-state index contributed by atoms with van der Waals surface area (Å²) in [6.45, 7) is 2.46. The van der Waals surface area contributed by atoms with Gasteiger partial charge in [0.15, 0.2) is 6.10 Å². The van der Waals surface area contributed by atoms with Crippen molar-refractivity contribution in [3.63, 3.8) is 0 Å². The number of ether oxygens (including phenoxy) is 1. The highest BCUT2D eigenvalue weighted by atomic mass is 79.9. The Labute approximate surface area is 143 Å². The molecule has 0 aromatic heterocycles. The first kappa shape index (κ1) is 18.9. The number of halogens is 2. The van der Waals surface area contributed by atoms with Crippen LogP contribution in [-0.4, -0.2) is 42.5 Å². The van der Waals surface area contributed by atoms with Crippen LogP contribution in [0.3, 0.4) is 0 Å². The smallest absolute Gasteiger partial charge is 0.248 e. The topological polar surface area (TPSA) is 98.7 Å². The van der Waals surface area contributed by atoms with Gasteiger partial charge in [0.25, 0.3) is 0 Å². The molecule has 1 aliphatic heterocycles. The summed E-state index contributed by atoms with van der Waals surface area (Å²) in [6, 6.07) is 7.26. The first-order chi connectivity index (χ1) is 9.82. The minimum atomic E-state index is -1.17. The summed E-state index contributed by atoms with van der Waals surface area (Å²) in [4.78, 5) is 25.4. The maximum Gasteiger partial charge on any atom is 0.248 e. The van der Waals surface area contributed by atoms with Crippen LogP contribution in [0.2, 0.25) is 0 Å². The van der Waals surface area contributed by atoms with Crippen LogP contribution in [0.25, 0.3) is 0 Å². The summed E-state index contributed by atoms with van der Waals surface area (Å²) in [5, 5.41) is 0. The SMILES string of the molecule is CC(N)(C(=O)N1CCOC(C(N)=O)C1)c1ccc(Br)cc1.Cl. The van der Waals surface area contributed by atoms with Crippen molar-refractivity contribution in [1.29, 1.82) is 0 Å². The predicted octanol–water partition coefficient (Wildman–Crippen LogP) is 0.758. The van der Waals surface area contributed by atoms with E-state index < -0.39 is 17.6 Å². The Morgan fingerprint density at radius 1 is 1.36 bits per heavy atom. The highest BCUT2D eigenvalue weighted by Crippen LogP contribution is 2.23. The second-order valence-electron chi connectivity index (χ2n) is 5.22. The summed E-state index contributed by atoms with van der Waals surface area (Å²) in [5.41, 5.74) is 11.0. The van der Waals surface area contributed by atoms with Crippen molar-refractivity contribution in [3.8, 4) is 0 Å². The van der Waals surface area contributed by atoms with E-state index in [2.05, 4.69) is 15.9 Å². The Kier molecular flexibility index (Phi) is 6.37. The molecule has 0 aliphatic carbocycles. The average Bonchev–Trinajstić information content (AvgIpc) is 2.47. The van der Waals surface area contributed by atoms with Crippen molar-refractivity contribution < 1.29 is 14.3 Å². The molecule has 2 rings (SSSR count). The molecule has 122 valence electrons. The largest absolute Gasteiger partial charge is 0.367 e. The molecule has 2 atom stereocenters. The Morgan fingerprint density at radius 2 is 1.95 bits per heavy atom. The molecular formula is C14H19BrClN3O3. The number of nitrogens with zero attached hydrogens (tertiary/aromatic N) is 1. The van der Waals surface area contributed by atoms with Gasteiger partial charge in [-0.25, -0.2) is 0 Å². The van der Waals surface area contributed by atoms with E-state index >= 15 is 0 Å². The number of morpholine rings is 1. The van der Waals surface area contributed by atoms with Crippen LogP contribution in [0, 0.1) is 0 Å². The van der Waals surface area contributed by atoms with Gasteiger partial charge in [0.1, 0.15) is 5.54 Å². The summed E-state index contributed by atoms with van der Waals surface area (Å²) in [7, 11) is 0. The van der Waals surface area contributed by atoms with Gasteiger partial charge in [0.2, 0.25) is 11.8 Å². The number of primary amides is 1. The molecule has 0 bridgehead atoms. The van der Waals surface area contributed by atoms with Crippen LogP contribution >= 0.6 is 28.3 Å². The molecule has 8 heteroatoms. The monoisotopic (exact) mass is 391 g/mol. The molecule has 6 nitrogen and oxygen atoms in total. The molecule has 0 saturated carbocycles. The standard InChI is InChI=1S/C14H18BrN3O3.ClH/c1-14(17,9-2-4-10(15)5-3-9)13(20)18-6-7-21-11(8-18)12(16)19;/h2-5,11H,6-8,17H2,1H3,(H2,16,19);1H. The van der Waals surface area contributed by atoms with E-state index in [-0.39, 0.29) is 31.5 Å². The Hall–Kier alpha value is -1.15. The third-order valence-electron chi connectivity index (χ3n) is 3.56. The van der Waals surface area contributed by atoms with Crippen molar-refractivity contribution in [2.75, 3.05) is 19.7 Å². The van der Waals surface area contributed by atoms with Crippen LogP contribution in [0.5, 0.6) is 0 Å². The molecule has 0 radical (unpaired) electrons. The van der Waals surface area contributed by atoms with Gasteiger partial charge in [-0.1, -0.05) is 28.1 Å². The maximum atomic E-state index is 12.7. The molecule has 2 amide bonds. The molecular weight excluding hydrogens is 374 g/mol. The molecule has 1 saturated heterocycles. The van der Waals surface area contributed by atoms with Gasteiger partial charge < -0.3 is 21.1 Å². The number of amides is 2. The summed E-state index contributed by atoms with van der Waals surface area (Å²) >= 11 is 3.35. The predicted molar refractivity (Wildman–Crippen MR) is 88.4 cm³/mol. The second kappa shape index (κ2) is 7.41. The van der Waals surface area contributed by atoms with Crippen LogP contribution in [0.15, 0.2) is 28.7 Å². The minimum Gasteiger partial charge on any atom is -0.367 e. The van der Waals surface area contributed by atoms with Gasteiger partial charge in [0.05, 0.1) is 13.2 Å². The third kappa shape index (κ3) is 3.98. The van der Waals surface area contributed by atoms with E-state index in [9.17, 15) is 9.59 Å². The minimum absolute atomic E-state index is 0. The van der Waals surface area contributed by atoms with Crippen LogP contribution < -0.4 is 11.5 Å². The fourth-order valence-electron chi connectivity index (χ4n) is 2.25. The highest BCUT2D eigenvalue weighted by Gasteiger charge is 2.37. The fraction of sp³-hybridized carbons (Fsp3) is 0.429. The first-order valence-corrected chi connectivity index (χ1v) is 7.37. The second-order valence-corrected chi connectivity index (χ2v) is 6.14. The van der Waals surface area contributed by atoms with Crippen molar-refractivity contribution >= 4 is 40.2 Å². The Morgan fingerprint density at radius 3 is 2.50 bits per heavy atom. The van der Waals surface area contributed by atoms with Gasteiger partial charge in [-0.3, -0.25) is 9.59 Å². The molecule has 1 aliphatic rings. The van der Waals surface area contributed by atoms with Crippen LogP contribution in [-0.2, 0) is 19.9 Å². The molecule has 1 heterocycles. The molecule has 0 spiro atoms. The highest BCUT2D eigenvalue weighted by molar-refractivity contribution is 9.10. The molecule has 4 N–H and O–H groups in total. The van der Waals surface area contributed by atoms with E-state index in [0.717, 1.165) is 4.47 Å². The molecule has 2 unspecified atom stereocenters. The fourth-order valence-corrected chi connectivity index (χ4v) is 2.52. The lowest BCUT2D eigenvalue weighted by molar-refractivity contribution is -0.149. The Balaban J connectivity index is 0.00000242. The van der Waals surface area contributed by atoms with E-state index in [1.807, 2.05) is 12.1 Å². The van der Waals surface area contributed by atoms with Crippen molar-refractivity contribution in [2.45, 2.75) is 18.6 Å². The number of benzene rings is 1. The van der Waals surface area contributed by atoms with E-state index in [0.29, 0.717) is 12.1 Å². The van der Waals surface area contributed by atoms with E-state index in [1.165, 1.54) is 4.90 Å². The van der Waals surface area contributed by atoms with Crippen molar-refractivity contribution in [1.82, 2.24) is 4.90 Å². The van der Waals surface area contributed by atoms with Crippen molar-refractivity contribution in [3.05, 3.63) is 34.3 Å². The van der Waals surface area contributed by atoms with E-state index in [1.54, 1.807) is 19.1 Å². The lowest BCUT2D eigenvalue weighted by atomic mass is 9.91. The molecule has 1 aromatic rings. The van der Waals surface area contributed by atoms with Gasteiger partial charge in [-0.2, -0.15) is 0 Å². The average molecular weight is 393 g/mol. The molecule has 1 fully saturated rings. The quantitative estimate of drug-likeness (QED) is 0.793. The van der Waals surface area contributed by atoms with Crippen LogP contribution in [0.4, 0.5) is 0 Å². The molecule has 1 aromatic carbocycles. The summed E-state index contributed by atoms with van der Waals surface area (Å²) in [6.07, 6.45) is -0.775. The summed E-state index contributed by atoms with van der Waals surface area (Å²) in [5.74, 6) is -0.825. The number of carbonyl (C=O) groups excluding carboxylic acids is 2. The zero-order valence-corrected chi connectivity index (χ0v) is 14.5. The zero-order chi connectivity index (χ0) is 15.6. The first-order valence-electron chi connectivity index (χ1n) is 6.57. The van der Waals surface area contributed by atoms with Gasteiger partial charge in [-0.05, 0) is 24.6 Å². The number of hydrogen-bond donors (Lipinski definition) is 2. The number of rotatable bonds is 3. The third-order valence-corrected chi connectivity index (χ3v) is 4.09. The lowest BCUT2D eigenvalue weighted by Crippen LogP contribution is -2.57. The number of hydrogen-bond acceptors (Lipinski definition) is 4. The molecule has 22 heavy (non-hydrogen) atoms.